The van der Waals surface area contributed by atoms with E-state index in [9.17, 15) is 19.2 Å². The van der Waals surface area contributed by atoms with Crippen LogP contribution >= 0.6 is 0 Å². The highest BCUT2D eigenvalue weighted by molar-refractivity contribution is 5.99. The number of nitrogens with one attached hydrogen (secondary N) is 2. The van der Waals surface area contributed by atoms with Gasteiger partial charge < -0.3 is 25.7 Å². The van der Waals surface area contributed by atoms with Gasteiger partial charge in [0.2, 0.25) is 17.7 Å². The molecule has 1 saturated carbocycles. The van der Waals surface area contributed by atoms with Gasteiger partial charge in [-0.3, -0.25) is 19.2 Å². The Morgan fingerprint density at radius 3 is 2.82 bits per heavy atom. The van der Waals surface area contributed by atoms with Crippen LogP contribution in [0.4, 0.5) is 0 Å². The standard InChI is InChI=1S/C23H28N6O4/c1-23(2)14-11-29(22(33)13-3-4-16-25-7-8-28(16)10-13)18(17(14)23)21(32)27-15(19(24)30)9-12-5-6-26-20(12)31/h3-4,7-8,10,12,14-15,17-18H,5-6,9,11H2,1-2H3,(H2,24,30)(H,26,31)(H,27,32)/t12-,14-,15-,17-,18-/m0/s1. The minimum absolute atomic E-state index is 0.00160. The minimum atomic E-state index is -0.966. The lowest BCUT2D eigenvalue weighted by Crippen LogP contribution is -2.55. The Bertz CT molecular complexity index is 1160. The van der Waals surface area contributed by atoms with Gasteiger partial charge in [-0.25, -0.2) is 4.98 Å². The molecule has 174 valence electrons. The molecule has 3 aliphatic rings. The normalized spacial score (nSPS) is 28.3. The molecule has 5 rings (SSSR count). The van der Waals surface area contributed by atoms with E-state index in [1.807, 2.05) is 0 Å². The van der Waals surface area contributed by atoms with Crippen LogP contribution in [0.1, 0.15) is 37.0 Å². The highest BCUT2D eigenvalue weighted by Crippen LogP contribution is 2.65. The smallest absolute Gasteiger partial charge is 0.256 e. The summed E-state index contributed by atoms with van der Waals surface area (Å²) in [6.45, 7) is 5.21. The molecule has 3 fully saturated rings. The van der Waals surface area contributed by atoms with Crippen molar-refractivity contribution >= 4 is 29.3 Å². The van der Waals surface area contributed by atoms with Gasteiger partial charge in [-0.1, -0.05) is 13.8 Å². The molecule has 2 aromatic rings. The van der Waals surface area contributed by atoms with Gasteiger partial charge in [0.25, 0.3) is 5.91 Å². The van der Waals surface area contributed by atoms with Crippen LogP contribution in [-0.4, -0.2) is 63.1 Å². The van der Waals surface area contributed by atoms with E-state index in [1.54, 1.807) is 40.0 Å². The maximum absolute atomic E-state index is 13.4. The van der Waals surface area contributed by atoms with Crippen LogP contribution in [0.25, 0.3) is 5.65 Å². The molecule has 4 amide bonds. The highest BCUT2D eigenvalue weighted by atomic mass is 16.2. The van der Waals surface area contributed by atoms with Gasteiger partial charge in [0.15, 0.2) is 0 Å². The van der Waals surface area contributed by atoms with E-state index in [1.165, 1.54) is 0 Å². The zero-order chi connectivity index (χ0) is 23.5. The largest absolute Gasteiger partial charge is 0.368 e. The Morgan fingerprint density at radius 1 is 1.33 bits per heavy atom. The number of rotatable bonds is 6. The van der Waals surface area contributed by atoms with E-state index in [2.05, 4.69) is 29.5 Å². The number of carbonyl (C=O) groups is 4. The number of amides is 4. The van der Waals surface area contributed by atoms with E-state index in [4.69, 9.17) is 5.73 Å². The van der Waals surface area contributed by atoms with Gasteiger partial charge in [-0.2, -0.15) is 0 Å². The second-order valence-corrected chi connectivity index (χ2v) is 9.94. The van der Waals surface area contributed by atoms with Crippen molar-refractivity contribution in [3.05, 3.63) is 36.3 Å². The first-order valence-electron chi connectivity index (χ1n) is 11.3. The summed E-state index contributed by atoms with van der Waals surface area (Å²) in [6.07, 6.45) is 5.88. The van der Waals surface area contributed by atoms with Crippen LogP contribution < -0.4 is 16.4 Å². The predicted octanol–water partition coefficient (Wildman–Crippen LogP) is -0.0728. The molecular formula is C23H28N6O4. The van der Waals surface area contributed by atoms with E-state index in [0.29, 0.717) is 25.1 Å². The maximum atomic E-state index is 13.4. The third-order valence-electron chi connectivity index (χ3n) is 7.72. The molecule has 0 unspecified atom stereocenters. The number of likely N-dealkylation sites (tertiary alicyclic amines) is 1. The summed E-state index contributed by atoms with van der Waals surface area (Å²) in [6, 6.07) is 1.81. The van der Waals surface area contributed by atoms with Gasteiger partial charge in [-0.15, -0.1) is 0 Å². The molecule has 0 aromatic carbocycles. The zero-order valence-electron chi connectivity index (χ0n) is 18.7. The minimum Gasteiger partial charge on any atom is -0.368 e. The fraction of sp³-hybridized carbons (Fsp3) is 0.522. The van der Waals surface area contributed by atoms with E-state index >= 15 is 0 Å². The Kier molecular flexibility index (Phi) is 4.91. The molecule has 4 heterocycles. The molecule has 2 aliphatic heterocycles. The third kappa shape index (κ3) is 3.53. The highest BCUT2D eigenvalue weighted by Gasteiger charge is 2.69. The quantitative estimate of drug-likeness (QED) is 0.563. The summed E-state index contributed by atoms with van der Waals surface area (Å²) >= 11 is 0. The zero-order valence-corrected chi connectivity index (χ0v) is 18.7. The van der Waals surface area contributed by atoms with Crippen molar-refractivity contribution in [2.45, 2.75) is 38.8 Å². The van der Waals surface area contributed by atoms with Crippen LogP contribution in [0, 0.1) is 23.2 Å². The van der Waals surface area contributed by atoms with Crippen molar-refractivity contribution in [2.24, 2.45) is 28.9 Å². The average Bonchev–Trinajstić information content (AvgIpc) is 3.30. The van der Waals surface area contributed by atoms with E-state index in [-0.39, 0.29) is 41.4 Å². The van der Waals surface area contributed by atoms with Crippen molar-refractivity contribution in [1.82, 2.24) is 24.9 Å². The fourth-order valence-corrected chi connectivity index (χ4v) is 5.67. The number of imidazole rings is 1. The van der Waals surface area contributed by atoms with Crippen LogP contribution in [-0.2, 0) is 14.4 Å². The van der Waals surface area contributed by atoms with Gasteiger partial charge in [0.05, 0.1) is 5.56 Å². The number of piperidine rings is 1. The second-order valence-electron chi connectivity index (χ2n) is 9.94. The molecule has 0 bridgehead atoms. The summed E-state index contributed by atoms with van der Waals surface area (Å²) < 4.78 is 1.76. The maximum Gasteiger partial charge on any atom is 0.256 e. The molecule has 2 aromatic heterocycles. The lowest BCUT2D eigenvalue weighted by atomic mass is 9.96. The summed E-state index contributed by atoms with van der Waals surface area (Å²) in [4.78, 5) is 56.7. The average molecular weight is 453 g/mol. The summed E-state index contributed by atoms with van der Waals surface area (Å²) in [7, 11) is 0. The molecule has 0 radical (unpaired) electrons. The number of hydrogen-bond donors (Lipinski definition) is 3. The molecule has 10 heteroatoms. The van der Waals surface area contributed by atoms with Crippen LogP contribution in [0.15, 0.2) is 30.7 Å². The Balaban J connectivity index is 1.37. The first-order chi connectivity index (χ1) is 15.7. The molecule has 1 aliphatic carbocycles. The molecule has 2 saturated heterocycles. The van der Waals surface area contributed by atoms with E-state index in [0.717, 1.165) is 5.65 Å². The number of pyridine rings is 1. The molecule has 0 spiro atoms. The van der Waals surface area contributed by atoms with E-state index < -0.39 is 23.9 Å². The Hall–Kier alpha value is -3.43. The lowest BCUT2D eigenvalue weighted by Gasteiger charge is -2.31. The summed E-state index contributed by atoms with van der Waals surface area (Å²) in [5.74, 6) is -1.60. The van der Waals surface area contributed by atoms with Crippen LogP contribution in [0.3, 0.4) is 0 Å². The third-order valence-corrected chi connectivity index (χ3v) is 7.72. The molecule has 4 N–H and O–H groups in total. The number of carbonyl (C=O) groups excluding carboxylic acids is 4. The number of primary amides is 1. The van der Waals surface area contributed by atoms with Gasteiger partial charge in [0.1, 0.15) is 17.7 Å². The fourth-order valence-electron chi connectivity index (χ4n) is 5.67. The second kappa shape index (κ2) is 7.57. The summed E-state index contributed by atoms with van der Waals surface area (Å²) in [5, 5.41) is 5.49. The van der Waals surface area contributed by atoms with Crippen LogP contribution in [0.2, 0.25) is 0 Å². The number of nitrogens with zero attached hydrogens (tertiary/aromatic N) is 3. The molecule has 10 nitrogen and oxygen atoms in total. The Labute approximate surface area is 190 Å². The van der Waals surface area contributed by atoms with Gasteiger partial charge in [0, 0.05) is 37.6 Å². The van der Waals surface area contributed by atoms with Gasteiger partial charge in [-0.05, 0) is 42.2 Å². The lowest BCUT2D eigenvalue weighted by molar-refractivity contribution is -0.131. The topological polar surface area (TPSA) is 139 Å². The van der Waals surface area contributed by atoms with Crippen molar-refractivity contribution in [3.63, 3.8) is 0 Å². The first-order valence-corrected chi connectivity index (χ1v) is 11.3. The molecule has 33 heavy (non-hydrogen) atoms. The SMILES string of the molecule is CC1(C)[C@@H]2[C@@H](C(=O)N[C@@H](C[C@@H]3CCNC3=O)C(N)=O)N(C(=O)c3ccc4nccn4c3)C[C@@H]21. The van der Waals surface area contributed by atoms with Crippen molar-refractivity contribution in [2.75, 3.05) is 13.1 Å². The number of hydrogen-bond acceptors (Lipinski definition) is 5. The predicted molar refractivity (Wildman–Crippen MR) is 118 cm³/mol. The van der Waals surface area contributed by atoms with Crippen molar-refractivity contribution in [3.8, 4) is 0 Å². The van der Waals surface area contributed by atoms with Crippen LogP contribution in [0.5, 0.6) is 0 Å². The van der Waals surface area contributed by atoms with Crippen molar-refractivity contribution in [1.29, 1.82) is 0 Å². The number of aromatic nitrogens is 2. The first kappa shape index (κ1) is 21.4. The summed E-state index contributed by atoms with van der Waals surface area (Å²) in [5.41, 5.74) is 6.68. The monoisotopic (exact) mass is 452 g/mol. The number of fused-ring (bicyclic) bond motifs is 2. The molecular weight excluding hydrogens is 424 g/mol. The molecule has 5 atom stereocenters. The van der Waals surface area contributed by atoms with Crippen molar-refractivity contribution < 1.29 is 19.2 Å². The van der Waals surface area contributed by atoms with Gasteiger partial charge >= 0.3 is 0 Å². The Morgan fingerprint density at radius 2 is 2.12 bits per heavy atom. The number of nitrogens with two attached hydrogens (primary N) is 1.